The third kappa shape index (κ3) is 3.73. The van der Waals surface area contributed by atoms with Crippen molar-refractivity contribution in [3.05, 3.63) is 51.4 Å². The number of methoxy groups -OCH3 is 1. The molecule has 0 saturated heterocycles. The largest absolute Gasteiger partial charge is 0.493 e. The van der Waals surface area contributed by atoms with Crippen LogP contribution in [0.3, 0.4) is 0 Å². The lowest BCUT2D eigenvalue weighted by atomic mass is 9.77. The van der Waals surface area contributed by atoms with E-state index in [1.165, 1.54) is 60.4 Å². The van der Waals surface area contributed by atoms with Crippen LogP contribution in [0.25, 0.3) is 23.1 Å². The van der Waals surface area contributed by atoms with Gasteiger partial charge in [0.1, 0.15) is 5.69 Å². The zero-order chi connectivity index (χ0) is 22.2. The van der Waals surface area contributed by atoms with Crippen molar-refractivity contribution in [2.24, 2.45) is 11.8 Å². The van der Waals surface area contributed by atoms with Crippen molar-refractivity contribution in [2.75, 3.05) is 7.11 Å². The number of hydrogen-bond donors (Lipinski definition) is 2. The monoisotopic (exact) mass is 452 g/mol. The summed E-state index contributed by atoms with van der Waals surface area (Å²) in [7, 11) is 1.72. The van der Waals surface area contributed by atoms with Crippen LogP contribution in [-0.2, 0) is 0 Å². The van der Waals surface area contributed by atoms with E-state index in [0.717, 1.165) is 23.6 Å². The molecule has 170 valence electrons. The molecular formula is C27H33ClN2O2. The molecule has 6 rings (SSSR count). The number of ether oxygens (including phenoxy) is 1. The van der Waals surface area contributed by atoms with Crippen LogP contribution in [0.2, 0.25) is 5.02 Å². The molecular weight excluding hydrogens is 420 g/mol. The number of furan rings is 1. The van der Waals surface area contributed by atoms with Gasteiger partial charge in [-0.2, -0.15) is 0 Å². The van der Waals surface area contributed by atoms with E-state index in [9.17, 15) is 0 Å². The summed E-state index contributed by atoms with van der Waals surface area (Å²) in [6, 6.07) is 6.19. The van der Waals surface area contributed by atoms with Gasteiger partial charge in [0.05, 0.1) is 12.1 Å². The van der Waals surface area contributed by atoms with Gasteiger partial charge in [-0.15, -0.1) is 0 Å². The maximum atomic E-state index is 6.51. The summed E-state index contributed by atoms with van der Waals surface area (Å²) in [4.78, 5) is 6.96. The fourth-order valence-corrected chi connectivity index (χ4v) is 5.98. The summed E-state index contributed by atoms with van der Waals surface area (Å²) < 4.78 is 12.3. The summed E-state index contributed by atoms with van der Waals surface area (Å²) in [5, 5.41) is 3.11. The van der Waals surface area contributed by atoms with E-state index < -0.39 is 0 Å². The fraction of sp³-hybridized carbons (Fsp3) is 0.481. The number of hydrogen-bond acceptors (Lipinski definition) is 2. The van der Waals surface area contributed by atoms with Crippen molar-refractivity contribution >= 4 is 23.3 Å². The van der Waals surface area contributed by atoms with Crippen molar-refractivity contribution in [3.63, 3.8) is 0 Å². The second kappa shape index (κ2) is 8.90. The molecule has 3 aliphatic rings. The highest BCUT2D eigenvalue weighted by Crippen LogP contribution is 2.48. The molecule has 0 unspecified atom stereocenters. The average molecular weight is 453 g/mol. The summed E-state index contributed by atoms with van der Waals surface area (Å²) in [6.45, 7) is 4.70. The molecule has 1 aliphatic heterocycles. The van der Waals surface area contributed by atoms with Gasteiger partial charge in [0, 0.05) is 28.5 Å². The first-order chi connectivity index (χ1) is 15.6. The Morgan fingerprint density at radius 3 is 2.69 bits per heavy atom. The standard InChI is InChI=1S/C27H33ClN2O2/c1-16(2)23-18-11-9-7-5-4-6-8-10-17-14-19(23)25(30-17)24(18)27-22(31-3)15-21(32-27)26-20(28)12-13-29-26/h10,12-16,18,23,29-30H,4-9,11H2,1-3H3/b17-10+/t18-,23-/m0/s1. The minimum absolute atomic E-state index is 0.415. The van der Waals surface area contributed by atoms with Crippen LogP contribution in [0.5, 0.6) is 5.75 Å². The van der Waals surface area contributed by atoms with Crippen LogP contribution in [0.15, 0.2) is 28.8 Å². The molecule has 3 aromatic rings. The Balaban J connectivity index is 1.72. The van der Waals surface area contributed by atoms with Crippen LogP contribution in [-0.4, -0.2) is 17.1 Å². The summed E-state index contributed by atoms with van der Waals surface area (Å²) >= 11 is 6.39. The molecule has 0 aromatic carbocycles. The van der Waals surface area contributed by atoms with E-state index in [2.05, 4.69) is 36.0 Å². The summed E-state index contributed by atoms with van der Waals surface area (Å²) in [6.07, 6.45) is 12.9. The van der Waals surface area contributed by atoms with E-state index in [1.54, 1.807) is 7.11 Å². The normalized spacial score (nSPS) is 22.4. The molecule has 0 amide bonds. The number of nitrogens with one attached hydrogen (secondary N) is 2. The zero-order valence-corrected chi connectivity index (χ0v) is 20.0. The molecule has 0 radical (unpaired) electrons. The maximum absolute atomic E-state index is 6.51. The molecule has 2 atom stereocenters. The predicted molar refractivity (Wildman–Crippen MR) is 130 cm³/mol. The van der Waals surface area contributed by atoms with Gasteiger partial charge in [-0.25, -0.2) is 0 Å². The first-order valence-electron chi connectivity index (χ1n) is 12.0. The SMILES string of the molecule is COc1cc(-c2[nH]ccc2Cl)oc1C1=c2[nH]/c3cc2[C@@H](C(C)C)[C@@H]1CCCCCCC\C=3. The van der Waals surface area contributed by atoms with E-state index >= 15 is 0 Å². The zero-order valence-electron chi connectivity index (χ0n) is 19.3. The average Bonchev–Trinajstić information content (AvgIpc) is 3.51. The minimum atomic E-state index is 0.415. The Hall–Kier alpha value is -2.33. The third-order valence-electron chi connectivity index (χ3n) is 7.21. The Kier molecular flexibility index (Phi) is 5.98. The van der Waals surface area contributed by atoms with Crippen molar-refractivity contribution < 1.29 is 9.15 Å². The van der Waals surface area contributed by atoms with E-state index in [4.69, 9.17) is 20.8 Å². The lowest BCUT2D eigenvalue weighted by Gasteiger charge is -2.26. The molecule has 5 heteroatoms. The van der Waals surface area contributed by atoms with Crippen LogP contribution in [0.4, 0.5) is 0 Å². The molecule has 4 heterocycles. The second-order valence-electron chi connectivity index (χ2n) is 9.60. The number of fused-ring (bicyclic) bond motifs is 7. The molecule has 0 fully saturated rings. The lowest BCUT2D eigenvalue weighted by molar-refractivity contribution is 0.372. The minimum Gasteiger partial charge on any atom is -0.493 e. The van der Waals surface area contributed by atoms with Crippen LogP contribution < -0.4 is 15.4 Å². The van der Waals surface area contributed by atoms with Gasteiger partial charge in [-0.05, 0) is 54.7 Å². The predicted octanol–water partition coefficient (Wildman–Crippen LogP) is 6.36. The Morgan fingerprint density at radius 1 is 1.12 bits per heavy atom. The highest BCUT2D eigenvalue weighted by molar-refractivity contribution is 6.33. The van der Waals surface area contributed by atoms with Gasteiger partial charge in [0.15, 0.2) is 17.3 Å². The van der Waals surface area contributed by atoms with Crippen molar-refractivity contribution in [2.45, 2.75) is 64.7 Å². The molecule has 2 aliphatic carbocycles. The van der Waals surface area contributed by atoms with Crippen LogP contribution >= 0.6 is 11.6 Å². The van der Waals surface area contributed by atoms with Crippen LogP contribution in [0, 0.1) is 11.8 Å². The summed E-state index contributed by atoms with van der Waals surface area (Å²) in [5.41, 5.74) is 3.49. The number of aromatic nitrogens is 2. The third-order valence-corrected chi connectivity index (χ3v) is 7.52. The van der Waals surface area contributed by atoms with Gasteiger partial charge >= 0.3 is 0 Å². The fourth-order valence-electron chi connectivity index (χ4n) is 5.77. The van der Waals surface area contributed by atoms with E-state index in [-0.39, 0.29) is 0 Å². The smallest absolute Gasteiger partial charge is 0.175 e. The Labute approximate surface area is 194 Å². The number of aromatic amines is 2. The van der Waals surface area contributed by atoms with Gasteiger partial charge in [0.2, 0.25) is 0 Å². The summed E-state index contributed by atoms with van der Waals surface area (Å²) in [5.74, 6) is 3.76. The first kappa shape index (κ1) is 21.5. The van der Waals surface area contributed by atoms with Gasteiger partial charge < -0.3 is 19.1 Å². The first-order valence-corrected chi connectivity index (χ1v) is 12.4. The molecule has 4 nitrogen and oxygen atoms in total. The number of halogens is 1. The topological polar surface area (TPSA) is 53.9 Å². The van der Waals surface area contributed by atoms with Crippen molar-refractivity contribution in [1.82, 2.24) is 9.97 Å². The highest BCUT2D eigenvalue weighted by Gasteiger charge is 2.39. The molecule has 3 aromatic heterocycles. The lowest BCUT2D eigenvalue weighted by Crippen LogP contribution is -2.17. The molecule has 2 N–H and O–H groups in total. The van der Waals surface area contributed by atoms with Gasteiger partial charge in [-0.1, -0.05) is 57.2 Å². The van der Waals surface area contributed by atoms with Crippen molar-refractivity contribution in [3.8, 4) is 17.2 Å². The maximum Gasteiger partial charge on any atom is 0.175 e. The molecule has 0 saturated carbocycles. The molecule has 4 bridgehead atoms. The van der Waals surface area contributed by atoms with Crippen molar-refractivity contribution in [1.29, 1.82) is 0 Å². The quantitative estimate of drug-likeness (QED) is 0.484. The highest BCUT2D eigenvalue weighted by atomic mass is 35.5. The van der Waals surface area contributed by atoms with Gasteiger partial charge in [-0.3, -0.25) is 0 Å². The molecule has 0 spiro atoms. The Morgan fingerprint density at radius 2 is 1.94 bits per heavy atom. The Bertz CT molecular complexity index is 1210. The van der Waals surface area contributed by atoms with E-state index in [1.807, 2.05) is 18.3 Å². The van der Waals surface area contributed by atoms with Crippen LogP contribution in [0.1, 0.15) is 76.0 Å². The van der Waals surface area contributed by atoms with Gasteiger partial charge in [0.25, 0.3) is 0 Å². The number of rotatable bonds is 4. The molecule has 32 heavy (non-hydrogen) atoms. The number of H-pyrrole nitrogens is 2. The van der Waals surface area contributed by atoms with E-state index in [0.29, 0.717) is 28.5 Å². The second-order valence-corrected chi connectivity index (χ2v) is 10.0.